The number of rotatable bonds is 6. The molecule has 168 valence electrons. The lowest BCUT2D eigenvalue weighted by atomic mass is 9.98. The number of ether oxygens (including phenoxy) is 1. The van der Waals surface area contributed by atoms with Crippen molar-refractivity contribution in [3.63, 3.8) is 0 Å². The molecule has 0 heterocycles. The SMILES string of the molecule is Cc1c(CC(=O)O)cc2ccc(F)cc2c1Oc1ccc(S(=O)(=O)c2ccc(F)cc2)cc1. The standard InChI is InChI=1S/C25H18F2O5S/c1-15-17(13-24(28)29)12-16-2-3-19(27)14-23(16)25(15)32-20-6-10-22(11-7-20)33(30,31)21-8-4-18(26)5-9-21/h2-12,14H,13H2,1H3,(H,28,29). The highest BCUT2D eigenvalue weighted by atomic mass is 32.2. The summed E-state index contributed by atoms with van der Waals surface area (Å²) >= 11 is 0. The molecule has 0 aliphatic rings. The molecule has 0 atom stereocenters. The van der Waals surface area contributed by atoms with Gasteiger partial charge in [-0.05, 0) is 84.1 Å². The predicted octanol–water partition coefficient (Wildman–Crippen LogP) is 5.68. The summed E-state index contributed by atoms with van der Waals surface area (Å²) < 4.78 is 58.6. The number of hydrogen-bond donors (Lipinski definition) is 1. The maximum atomic E-state index is 13.9. The summed E-state index contributed by atoms with van der Waals surface area (Å²) in [5.41, 5.74) is 1.06. The van der Waals surface area contributed by atoms with Crippen LogP contribution >= 0.6 is 0 Å². The Hall–Kier alpha value is -3.78. The van der Waals surface area contributed by atoms with Crippen molar-refractivity contribution >= 4 is 26.6 Å². The molecular weight excluding hydrogens is 450 g/mol. The van der Waals surface area contributed by atoms with Crippen LogP contribution in [0, 0.1) is 18.6 Å². The van der Waals surface area contributed by atoms with Crippen LogP contribution < -0.4 is 4.74 Å². The number of carbonyl (C=O) groups is 1. The van der Waals surface area contributed by atoms with Crippen LogP contribution in [0.3, 0.4) is 0 Å². The van der Waals surface area contributed by atoms with Gasteiger partial charge in [0.25, 0.3) is 0 Å². The molecular formula is C25H18F2O5S. The van der Waals surface area contributed by atoms with E-state index in [0.717, 1.165) is 12.1 Å². The fourth-order valence-electron chi connectivity index (χ4n) is 3.53. The van der Waals surface area contributed by atoms with E-state index in [9.17, 15) is 27.1 Å². The van der Waals surface area contributed by atoms with Gasteiger partial charge >= 0.3 is 5.97 Å². The molecule has 0 amide bonds. The van der Waals surface area contributed by atoms with Gasteiger partial charge in [-0.15, -0.1) is 0 Å². The van der Waals surface area contributed by atoms with Gasteiger partial charge in [0.15, 0.2) is 0 Å². The quantitative estimate of drug-likeness (QED) is 0.368. The number of sulfone groups is 1. The Morgan fingerprint density at radius 2 is 1.45 bits per heavy atom. The normalized spacial score (nSPS) is 11.5. The van der Waals surface area contributed by atoms with Crippen LogP contribution in [-0.2, 0) is 21.1 Å². The lowest BCUT2D eigenvalue weighted by Crippen LogP contribution is -2.04. The molecule has 1 N–H and O–H groups in total. The van der Waals surface area contributed by atoms with Gasteiger partial charge in [0.05, 0.1) is 16.2 Å². The molecule has 0 aliphatic heterocycles. The summed E-state index contributed by atoms with van der Waals surface area (Å²) in [6.07, 6.45) is -0.232. The number of fused-ring (bicyclic) bond motifs is 1. The summed E-state index contributed by atoms with van der Waals surface area (Å²) in [6.45, 7) is 1.69. The van der Waals surface area contributed by atoms with Crippen LogP contribution in [0.2, 0.25) is 0 Å². The van der Waals surface area contributed by atoms with Crippen molar-refractivity contribution in [2.24, 2.45) is 0 Å². The minimum Gasteiger partial charge on any atom is -0.481 e. The Morgan fingerprint density at radius 3 is 2.06 bits per heavy atom. The summed E-state index contributed by atoms with van der Waals surface area (Å²) in [6, 6.07) is 15.9. The van der Waals surface area contributed by atoms with E-state index in [1.54, 1.807) is 19.1 Å². The number of carboxylic acid groups (broad SMARTS) is 1. The van der Waals surface area contributed by atoms with Gasteiger partial charge in [0, 0.05) is 5.39 Å². The Kier molecular flexibility index (Phi) is 5.86. The molecule has 8 heteroatoms. The summed E-state index contributed by atoms with van der Waals surface area (Å²) in [7, 11) is -3.85. The van der Waals surface area contributed by atoms with E-state index in [0.29, 0.717) is 21.9 Å². The van der Waals surface area contributed by atoms with Crippen LogP contribution in [0.15, 0.2) is 82.6 Å². The molecule has 0 fully saturated rings. The zero-order chi connectivity index (χ0) is 23.8. The first-order valence-electron chi connectivity index (χ1n) is 9.87. The lowest BCUT2D eigenvalue weighted by Gasteiger charge is -2.16. The first kappa shape index (κ1) is 22.4. The molecule has 33 heavy (non-hydrogen) atoms. The van der Waals surface area contributed by atoms with Gasteiger partial charge in [0.1, 0.15) is 23.1 Å². The molecule has 4 aromatic carbocycles. The Balaban J connectivity index is 1.73. The molecule has 5 nitrogen and oxygen atoms in total. The minimum absolute atomic E-state index is 0.00582. The van der Waals surface area contributed by atoms with Crippen molar-refractivity contribution in [1.82, 2.24) is 0 Å². The van der Waals surface area contributed by atoms with Crippen LogP contribution in [0.1, 0.15) is 11.1 Å². The molecule has 0 radical (unpaired) electrons. The first-order valence-corrected chi connectivity index (χ1v) is 11.4. The van der Waals surface area contributed by atoms with Crippen molar-refractivity contribution in [1.29, 1.82) is 0 Å². The highest BCUT2D eigenvalue weighted by Crippen LogP contribution is 2.37. The number of carboxylic acids is 1. The van der Waals surface area contributed by atoms with Gasteiger partial charge in [-0.3, -0.25) is 4.79 Å². The van der Waals surface area contributed by atoms with Crippen molar-refractivity contribution < 1.29 is 31.8 Å². The highest BCUT2D eigenvalue weighted by Gasteiger charge is 2.19. The third-order valence-corrected chi connectivity index (χ3v) is 7.02. The van der Waals surface area contributed by atoms with Crippen LogP contribution in [-0.4, -0.2) is 19.5 Å². The summed E-state index contributed by atoms with van der Waals surface area (Å²) in [5.74, 6) is -1.45. The summed E-state index contributed by atoms with van der Waals surface area (Å²) in [5, 5.41) is 10.3. The topological polar surface area (TPSA) is 80.7 Å². The molecule has 4 aromatic rings. The minimum atomic E-state index is -3.85. The van der Waals surface area contributed by atoms with E-state index in [4.69, 9.17) is 4.74 Å². The second-order valence-electron chi connectivity index (χ2n) is 7.46. The van der Waals surface area contributed by atoms with E-state index in [1.807, 2.05) is 0 Å². The molecule has 0 aromatic heterocycles. The van der Waals surface area contributed by atoms with Gasteiger partial charge < -0.3 is 9.84 Å². The first-order chi connectivity index (χ1) is 15.6. The fraction of sp³-hybridized carbons (Fsp3) is 0.0800. The van der Waals surface area contributed by atoms with E-state index in [1.165, 1.54) is 48.5 Å². The van der Waals surface area contributed by atoms with Gasteiger partial charge in [-0.1, -0.05) is 12.1 Å². The average Bonchev–Trinajstić information content (AvgIpc) is 2.77. The largest absolute Gasteiger partial charge is 0.481 e. The number of benzene rings is 4. The third-order valence-electron chi connectivity index (χ3n) is 5.23. The zero-order valence-electron chi connectivity index (χ0n) is 17.4. The Morgan fingerprint density at radius 1 is 0.879 bits per heavy atom. The average molecular weight is 468 g/mol. The highest BCUT2D eigenvalue weighted by molar-refractivity contribution is 7.91. The molecule has 0 saturated carbocycles. The van der Waals surface area contributed by atoms with Crippen molar-refractivity contribution in [2.45, 2.75) is 23.1 Å². The Labute approximate surface area is 188 Å². The van der Waals surface area contributed by atoms with Crippen molar-refractivity contribution in [2.75, 3.05) is 0 Å². The number of hydrogen-bond acceptors (Lipinski definition) is 4. The summed E-state index contributed by atoms with van der Waals surface area (Å²) in [4.78, 5) is 11.2. The number of halogens is 2. The van der Waals surface area contributed by atoms with Crippen molar-refractivity contribution in [3.8, 4) is 11.5 Å². The second-order valence-corrected chi connectivity index (χ2v) is 9.41. The van der Waals surface area contributed by atoms with E-state index < -0.39 is 27.4 Å². The van der Waals surface area contributed by atoms with E-state index in [2.05, 4.69) is 0 Å². The van der Waals surface area contributed by atoms with Gasteiger partial charge in [-0.2, -0.15) is 0 Å². The van der Waals surface area contributed by atoms with E-state index >= 15 is 0 Å². The maximum absolute atomic E-state index is 13.9. The molecule has 0 spiro atoms. The maximum Gasteiger partial charge on any atom is 0.307 e. The van der Waals surface area contributed by atoms with Crippen LogP contribution in [0.4, 0.5) is 8.78 Å². The van der Waals surface area contributed by atoms with Crippen molar-refractivity contribution in [3.05, 3.63) is 95.6 Å². The fourth-order valence-corrected chi connectivity index (χ4v) is 4.79. The third kappa shape index (κ3) is 4.56. The van der Waals surface area contributed by atoms with Crippen LogP contribution in [0.5, 0.6) is 11.5 Å². The lowest BCUT2D eigenvalue weighted by molar-refractivity contribution is -0.136. The monoisotopic (exact) mass is 468 g/mol. The molecule has 0 saturated heterocycles. The molecule has 0 unspecified atom stereocenters. The molecule has 0 aliphatic carbocycles. The molecule has 4 rings (SSSR count). The number of aliphatic carboxylic acids is 1. The van der Waals surface area contributed by atoms with Gasteiger partial charge in [0.2, 0.25) is 9.84 Å². The van der Waals surface area contributed by atoms with Gasteiger partial charge in [-0.25, -0.2) is 17.2 Å². The Bertz CT molecular complexity index is 1460. The van der Waals surface area contributed by atoms with Crippen LogP contribution in [0.25, 0.3) is 10.8 Å². The predicted molar refractivity (Wildman–Crippen MR) is 118 cm³/mol. The molecule has 0 bridgehead atoms. The zero-order valence-corrected chi connectivity index (χ0v) is 18.2. The van der Waals surface area contributed by atoms with E-state index in [-0.39, 0.29) is 27.7 Å². The smallest absolute Gasteiger partial charge is 0.307 e. The second kappa shape index (κ2) is 8.63.